The van der Waals surface area contributed by atoms with Crippen molar-refractivity contribution in [3.8, 4) is 0 Å². The minimum atomic E-state index is -0.960. The summed E-state index contributed by atoms with van der Waals surface area (Å²) in [7, 11) is 0. The predicted molar refractivity (Wildman–Crippen MR) is 94.7 cm³/mol. The van der Waals surface area contributed by atoms with Crippen molar-refractivity contribution in [3.05, 3.63) is 35.5 Å². The third kappa shape index (κ3) is 7.42. The predicted octanol–water partition coefficient (Wildman–Crippen LogP) is 4.78. The summed E-state index contributed by atoms with van der Waals surface area (Å²) >= 11 is 0. The first-order chi connectivity index (χ1) is 10.2. The van der Waals surface area contributed by atoms with E-state index in [1.54, 1.807) is 6.92 Å². The quantitative estimate of drug-likeness (QED) is 0.684. The summed E-state index contributed by atoms with van der Waals surface area (Å²) in [5.41, 5.74) is 1.67. The highest BCUT2D eigenvalue weighted by Gasteiger charge is 2.21. The molecule has 2 N–H and O–H groups in total. The Labute approximate surface area is 136 Å². The van der Waals surface area contributed by atoms with Gasteiger partial charge in [0, 0.05) is 6.42 Å². The van der Waals surface area contributed by atoms with Gasteiger partial charge in [0.25, 0.3) is 0 Å². The van der Waals surface area contributed by atoms with Crippen molar-refractivity contribution in [2.75, 3.05) is 0 Å². The molecule has 1 aliphatic carbocycles. The maximum atomic E-state index is 10.5. The first-order valence-corrected chi connectivity index (χ1v) is 8.62. The normalized spacial score (nSPS) is 34.7. The minimum absolute atomic E-state index is 0.348. The monoisotopic (exact) mass is 306 g/mol. The van der Waals surface area contributed by atoms with Gasteiger partial charge in [0.15, 0.2) is 0 Å². The van der Waals surface area contributed by atoms with E-state index in [9.17, 15) is 10.2 Å². The van der Waals surface area contributed by atoms with Gasteiger partial charge >= 0.3 is 0 Å². The van der Waals surface area contributed by atoms with Crippen LogP contribution < -0.4 is 0 Å². The van der Waals surface area contributed by atoms with Crippen LogP contribution in [0.15, 0.2) is 35.5 Å². The van der Waals surface area contributed by atoms with Crippen LogP contribution in [-0.2, 0) is 0 Å². The third-order valence-corrected chi connectivity index (χ3v) is 4.56. The van der Waals surface area contributed by atoms with Crippen LogP contribution in [0, 0.1) is 11.8 Å². The van der Waals surface area contributed by atoms with Crippen molar-refractivity contribution < 1.29 is 10.2 Å². The van der Waals surface area contributed by atoms with E-state index in [0.717, 1.165) is 25.7 Å². The molecule has 0 aliphatic heterocycles. The molecule has 0 radical (unpaired) electrons. The summed E-state index contributed by atoms with van der Waals surface area (Å²) < 4.78 is 0. The molecule has 0 aromatic rings. The Bertz CT molecular complexity index is 427. The second kappa shape index (κ2) is 8.69. The van der Waals surface area contributed by atoms with E-state index in [-0.39, 0.29) is 0 Å². The molecule has 3 atom stereocenters. The summed E-state index contributed by atoms with van der Waals surface area (Å²) in [6, 6.07) is 0. The summed E-state index contributed by atoms with van der Waals surface area (Å²) in [6.45, 7) is 10.5. The topological polar surface area (TPSA) is 40.5 Å². The highest BCUT2D eigenvalue weighted by molar-refractivity contribution is 5.10. The Kier molecular flexibility index (Phi) is 7.58. The zero-order valence-corrected chi connectivity index (χ0v) is 15.0. The first kappa shape index (κ1) is 19.2. The molecule has 0 spiro atoms. The Morgan fingerprint density at radius 1 is 1.18 bits per heavy atom. The fourth-order valence-electron chi connectivity index (χ4n) is 2.99. The van der Waals surface area contributed by atoms with Crippen LogP contribution in [-0.4, -0.2) is 21.9 Å². The molecule has 0 unspecified atom stereocenters. The number of aliphatic hydroxyl groups is 2. The summed E-state index contributed by atoms with van der Waals surface area (Å²) in [6.07, 6.45) is 12.2. The molecule has 2 nitrogen and oxygen atoms in total. The van der Waals surface area contributed by atoms with E-state index in [0.29, 0.717) is 18.3 Å². The highest BCUT2D eigenvalue weighted by Crippen LogP contribution is 2.25. The van der Waals surface area contributed by atoms with Crippen LogP contribution in [0.4, 0.5) is 0 Å². The Hall–Kier alpha value is -0.860. The van der Waals surface area contributed by atoms with E-state index >= 15 is 0 Å². The van der Waals surface area contributed by atoms with Crippen LogP contribution >= 0.6 is 0 Å². The molecule has 126 valence electrons. The van der Waals surface area contributed by atoms with Crippen molar-refractivity contribution in [2.24, 2.45) is 11.8 Å². The molecule has 0 saturated carbocycles. The van der Waals surface area contributed by atoms with Crippen LogP contribution in [0.1, 0.15) is 66.7 Å². The lowest BCUT2D eigenvalue weighted by atomic mass is 9.86. The van der Waals surface area contributed by atoms with Gasteiger partial charge in [-0.1, -0.05) is 49.3 Å². The van der Waals surface area contributed by atoms with Crippen molar-refractivity contribution in [1.29, 1.82) is 0 Å². The number of aliphatic hydroxyl groups excluding tert-OH is 1. The molecule has 0 aromatic carbocycles. The van der Waals surface area contributed by atoms with Gasteiger partial charge in [-0.25, -0.2) is 0 Å². The standard InChI is InChI=1S/C20H34O2/c1-15(2)18-10-9-16(3)7-6-8-17(4)13-19(21)14-20(5,22)12-11-18/h7,11-13,15,18-19,21-22H,6,8-10,14H2,1-5H3/b12-11?,16-7+,17-13?/t18-,19-,20+/m0/s1. The maximum absolute atomic E-state index is 10.5. The molecule has 1 aliphatic rings. The second-order valence-corrected chi connectivity index (χ2v) is 7.54. The number of hydrogen-bond acceptors (Lipinski definition) is 2. The molecular weight excluding hydrogens is 272 g/mol. The second-order valence-electron chi connectivity index (χ2n) is 7.54. The first-order valence-electron chi connectivity index (χ1n) is 8.62. The number of allylic oxidation sites excluding steroid dienone is 4. The zero-order chi connectivity index (χ0) is 16.8. The van der Waals surface area contributed by atoms with Gasteiger partial charge in [-0.2, -0.15) is 0 Å². The van der Waals surface area contributed by atoms with Crippen molar-refractivity contribution >= 4 is 0 Å². The average Bonchev–Trinajstić information content (AvgIpc) is 2.36. The lowest BCUT2D eigenvalue weighted by Gasteiger charge is -2.24. The fraction of sp³-hybridized carbons (Fsp3) is 0.700. The number of hydrogen-bond donors (Lipinski definition) is 2. The molecule has 0 bridgehead atoms. The van der Waals surface area contributed by atoms with Crippen molar-refractivity contribution in [3.63, 3.8) is 0 Å². The van der Waals surface area contributed by atoms with Crippen molar-refractivity contribution in [1.82, 2.24) is 0 Å². The molecule has 22 heavy (non-hydrogen) atoms. The van der Waals surface area contributed by atoms with Crippen molar-refractivity contribution in [2.45, 2.75) is 78.4 Å². The van der Waals surface area contributed by atoms with E-state index in [2.05, 4.69) is 39.8 Å². The van der Waals surface area contributed by atoms with Crippen LogP contribution in [0.3, 0.4) is 0 Å². The maximum Gasteiger partial charge on any atom is 0.0827 e. The molecular formula is C20H34O2. The highest BCUT2D eigenvalue weighted by atomic mass is 16.3. The number of rotatable bonds is 1. The van der Waals surface area contributed by atoms with Gasteiger partial charge in [-0.05, 0) is 58.3 Å². The smallest absolute Gasteiger partial charge is 0.0827 e. The summed E-state index contributed by atoms with van der Waals surface area (Å²) in [5.74, 6) is 1.02. The fourth-order valence-corrected chi connectivity index (χ4v) is 2.99. The van der Waals surface area contributed by atoms with Gasteiger partial charge in [0.1, 0.15) is 0 Å². The molecule has 1 rings (SSSR count). The van der Waals surface area contributed by atoms with Gasteiger partial charge in [-0.15, -0.1) is 0 Å². The lowest BCUT2D eigenvalue weighted by Crippen LogP contribution is -2.27. The molecule has 0 amide bonds. The van der Waals surface area contributed by atoms with Crippen LogP contribution in [0.5, 0.6) is 0 Å². The Morgan fingerprint density at radius 3 is 2.50 bits per heavy atom. The summed E-state index contributed by atoms with van der Waals surface area (Å²) in [5, 5.41) is 20.7. The van der Waals surface area contributed by atoms with Gasteiger partial charge in [0.2, 0.25) is 0 Å². The van der Waals surface area contributed by atoms with Crippen LogP contribution in [0.2, 0.25) is 0 Å². The molecule has 0 heterocycles. The summed E-state index contributed by atoms with van der Waals surface area (Å²) in [4.78, 5) is 0. The van der Waals surface area contributed by atoms with Gasteiger partial charge in [0.05, 0.1) is 11.7 Å². The van der Waals surface area contributed by atoms with E-state index < -0.39 is 11.7 Å². The lowest BCUT2D eigenvalue weighted by molar-refractivity contribution is 0.0565. The molecule has 0 aromatic heterocycles. The van der Waals surface area contributed by atoms with E-state index in [1.165, 1.54) is 11.1 Å². The molecule has 2 heteroatoms. The van der Waals surface area contributed by atoms with Gasteiger partial charge in [-0.3, -0.25) is 0 Å². The SMILES string of the molecule is CC1=C[C@H](O)C[C@](C)(O)C=C[C@@H](C(C)C)CC/C(C)=C/CC1. The Balaban J connectivity index is 2.97. The minimum Gasteiger partial charge on any atom is -0.389 e. The van der Waals surface area contributed by atoms with E-state index in [4.69, 9.17) is 0 Å². The molecule has 0 saturated heterocycles. The zero-order valence-electron chi connectivity index (χ0n) is 15.0. The average molecular weight is 306 g/mol. The van der Waals surface area contributed by atoms with Gasteiger partial charge < -0.3 is 10.2 Å². The van der Waals surface area contributed by atoms with Crippen LogP contribution in [0.25, 0.3) is 0 Å². The van der Waals surface area contributed by atoms with E-state index in [1.807, 2.05) is 12.2 Å². The molecule has 0 fully saturated rings. The largest absolute Gasteiger partial charge is 0.389 e. The Morgan fingerprint density at radius 2 is 1.86 bits per heavy atom. The third-order valence-electron chi connectivity index (χ3n) is 4.56.